The third-order valence-corrected chi connectivity index (χ3v) is 7.39. The fourth-order valence-corrected chi connectivity index (χ4v) is 4.54. The van der Waals surface area contributed by atoms with Crippen molar-refractivity contribution in [1.29, 1.82) is 0 Å². The summed E-state index contributed by atoms with van der Waals surface area (Å²) in [5.41, 5.74) is 5.72. The molecule has 3 rings (SSSR count). The van der Waals surface area contributed by atoms with Gasteiger partial charge in [-0.3, -0.25) is 14.4 Å². The predicted octanol–water partition coefficient (Wildman–Crippen LogP) is 3.19. The maximum atomic E-state index is 13.4. The Morgan fingerprint density at radius 2 is 1.64 bits per heavy atom. The molecule has 9 heteroatoms. The average Bonchev–Trinajstić information content (AvgIpc) is 3.11. The molecule has 2 N–H and O–H groups in total. The Hall–Kier alpha value is -2.39. The van der Waals surface area contributed by atoms with Crippen molar-refractivity contribution < 1.29 is 28.4 Å². The van der Waals surface area contributed by atoms with Crippen LogP contribution in [0.4, 0.5) is 0 Å². The Kier molecular flexibility index (Phi) is 7.18. The first-order valence-electron chi connectivity index (χ1n) is 12.5. The molecule has 1 fully saturated rings. The van der Waals surface area contributed by atoms with Gasteiger partial charge in [0, 0.05) is 12.1 Å². The summed E-state index contributed by atoms with van der Waals surface area (Å²) in [5.74, 6) is -1.98. The highest BCUT2D eigenvalue weighted by atomic mass is 16.7. The topological polar surface area (TPSA) is 108 Å². The molecular weight excluding hydrogens is 459 g/mol. The number of benzene rings is 1. The van der Waals surface area contributed by atoms with Crippen LogP contribution >= 0.6 is 0 Å². The Morgan fingerprint density at radius 1 is 1.08 bits per heavy atom. The molecule has 2 amide bonds. The van der Waals surface area contributed by atoms with E-state index in [0.717, 1.165) is 11.0 Å². The van der Waals surface area contributed by atoms with Crippen molar-refractivity contribution in [1.82, 2.24) is 4.90 Å². The molecule has 1 saturated heterocycles. The Balaban J connectivity index is 1.86. The van der Waals surface area contributed by atoms with E-state index in [4.69, 9.17) is 19.8 Å². The number of nitrogens with zero attached hydrogens (tertiary/aromatic N) is 1. The van der Waals surface area contributed by atoms with E-state index in [1.807, 2.05) is 60.6 Å². The van der Waals surface area contributed by atoms with E-state index in [1.54, 1.807) is 26.8 Å². The third-order valence-electron chi connectivity index (χ3n) is 7.39. The minimum Gasteiger partial charge on any atom is -0.460 e. The number of fused-ring (bicyclic) bond motifs is 1. The molecule has 8 nitrogen and oxygen atoms in total. The highest BCUT2D eigenvalue weighted by Gasteiger charge is 2.52. The summed E-state index contributed by atoms with van der Waals surface area (Å²) in [6.45, 7) is 19.3. The second-order valence-electron chi connectivity index (χ2n) is 13.0. The van der Waals surface area contributed by atoms with Crippen LogP contribution in [0.15, 0.2) is 18.2 Å². The number of esters is 1. The van der Waals surface area contributed by atoms with Gasteiger partial charge in [0.05, 0.1) is 17.1 Å². The van der Waals surface area contributed by atoms with Gasteiger partial charge in [-0.05, 0) is 77.4 Å². The second-order valence-corrected chi connectivity index (χ2v) is 13.0. The van der Waals surface area contributed by atoms with Crippen LogP contribution in [0.5, 0.6) is 0 Å². The van der Waals surface area contributed by atoms with Gasteiger partial charge in [-0.25, -0.2) is 0 Å². The third kappa shape index (κ3) is 5.62. The van der Waals surface area contributed by atoms with Gasteiger partial charge in [-0.15, -0.1) is 0 Å². The molecule has 36 heavy (non-hydrogen) atoms. The van der Waals surface area contributed by atoms with Gasteiger partial charge in [-0.1, -0.05) is 32.9 Å². The van der Waals surface area contributed by atoms with E-state index < -0.39 is 53.2 Å². The largest absolute Gasteiger partial charge is 0.494 e. The summed E-state index contributed by atoms with van der Waals surface area (Å²) in [6, 6.07) is 4.50. The van der Waals surface area contributed by atoms with Crippen LogP contribution in [0.2, 0.25) is 0 Å². The molecule has 0 saturated carbocycles. The van der Waals surface area contributed by atoms with E-state index in [1.165, 1.54) is 4.90 Å². The average molecular weight is 500 g/mol. The monoisotopic (exact) mass is 500 g/mol. The molecule has 1 aromatic carbocycles. The molecule has 0 aromatic heterocycles. The lowest BCUT2D eigenvalue weighted by Crippen LogP contribution is -2.48. The van der Waals surface area contributed by atoms with Crippen LogP contribution in [0.25, 0.3) is 0 Å². The van der Waals surface area contributed by atoms with Crippen LogP contribution in [0.3, 0.4) is 0 Å². The molecule has 198 valence electrons. The quantitative estimate of drug-likeness (QED) is 0.475. The van der Waals surface area contributed by atoms with Gasteiger partial charge in [0.15, 0.2) is 0 Å². The number of amides is 2. The van der Waals surface area contributed by atoms with E-state index >= 15 is 0 Å². The number of hydrogen-bond donors (Lipinski definition) is 1. The van der Waals surface area contributed by atoms with Crippen molar-refractivity contribution in [3.8, 4) is 0 Å². The number of ether oxygens (including phenoxy) is 1. The maximum Gasteiger partial charge on any atom is 0.494 e. The van der Waals surface area contributed by atoms with E-state index in [9.17, 15) is 14.4 Å². The van der Waals surface area contributed by atoms with Crippen molar-refractivity contribution >= 4 is 30.4 Å². The number of carbonyl (C=O) groups excluding carboxylic acids is 3. The van der Waals surface area contributed by atoms with Crippen molar-refractivity contribution in [2.75, 3.05) is 0 Å². The van der Waals surface area contributed by atoms with E-state index in [2.05, 4.69) is 0 Å². The van der Waals surface area contributed by atoms with E-state index in [-0.39, 0.29) is 18.9 Å². The molecule has 0 aliphatic carbocycles. The second kappa shape index (κ2) is 9.17. The summed E-state index contributed by atoms with van der Waals surface area (Å²) in [6.07, 6.45) is 0.0809. The minimum atomic E-state index is -0.957. The fraction of sp³-hybridized carbons (Fsp3) is 0.667. The van der Waals surface area contributed by atoms with Gasteiger partial charge < -0.3 is 24.7 Å². The Labute approximate surface area is 215 Å². The molecule has 0 spiro atoms. The summed E-state index contributed by atoms with van der Waals surface area (Å²) in [7, 11) is -0.561. The zero-order chi connectivity index (χ0) is 27.4. The van der Waals surface area contributed by atoms with Crippen LogP contribution < -0.4 is 11.2 Å². The number of primary amides is 1. The molecule has 0 bridgehead atoms. The van der Waals surface area contributed by atoms with Crippen LogP contribution in [0, 0.1) is 11.3 Å². The van der Waals surface area contributed by atoms with Crippen LogP contribution in [-0.2, 0) is 30.2 Å². The summed E-state index contributed by atoms with van der Waals surface area (Å²) < 4.78 is 18.0. The van der Waals surface area contributed by atoms with Crippen LogP contribution in [-0.4, -0.2) is 52.6 Å². The molecule has 2 heterocycles. The number of carbonyl (C=O) groups is 3. The molecule has 0 radical (unpaired) electrons. The maximum absolute atomic E-state index is 13.4. The molecule has 2 atom stereocenters. The zero-order valence-electron chi connectivity index (χ0n) is 23.4. The smallest absolute Gasteiger partial charge is 0.460 e. The summed E-state index contributed by atoms with van der Waals surface area (Å²) in [4.78, 5) is 40.5. The summed E-state index contributed by atoms with van der Waals surface area (Å²) >= 11 is 0. The van der Waals surface area contributed by atoms with Crippen molar-refractivity contribution in [2.24, 2.45) is 17.1 Å². The Morgan fingerprint density at radius 3 is 2.11 bits per heavy atom. The molecule has 2 aliphatic rings. The van der Waals surface area contributed by atoms with Gasteiger partial charge in [0.25, 0.3) is 5.91 Å². The van der Waals surface area contributed by atoms with E-state index in [0.29, 0.717) is 5.56 Å². The van der Waals surface area contributed by atoms with Crippen molar-refractivity contribution in [3.05, 3.63) is 29.3 Å². The van der Waals surface area contributed by atoms with Crippen molar-refractivity contribution in [3.63, 3.8) is 0 Å². The molecular formula is C27H41BN2O6. The zero-order valence-corrected chi connectivity index (χ0v) is 23.4. The lowest BCUT2D eigenvalue weighted by molar-refractivity contribution is -0.165. The highest BCUT2D eigenvalue weighted by Crippen LogP contribution is 2.38. The predicted molar refractivity (Wildman–Crippen MR) is 138 cm³/mol. The SMILES string of the molecule is CC(C)(C)OC(=O)[C@H](C[C@H](C(N)=O)N1Cc2cc(B3OC(C)(C)C(C)(C)O3)ccc2C1=O)C(C)(C)C. The summed E-state index contributed by atoms with van der Waals surface area (Å²) in [5, 5.41) is 0. The van der Waals surface area contributed by atoms with Gasteiger partial charge in [-0.2, -0.15) is 0 Å². The number of nitrogens with two attached hydrogens (primary N) is 1. The normalized spacial score (nSPS) is 20.8. The number of rotatable bonds is 6. The number of hydrogen-bond acceptors (Lipinski definition) is 6. The van der Waals surface area contributed by atoms with Gasteiger partial charge in [0.2, 0.25) is 5.91 Å². The van der Waals surface area contributed by atoms with Crippen LogP contribution in [0.1, 0.15) is 91.6 Å². The minimum absolute atomic E-state index is 0.0809. The lowest BCUT2D eigenvalue weighted by atomic mass is 9.76. The lowest BCUT2D eigenvalue weighted by Gasteiger charge is -2.35. The van der Waals surface area contributed by atoms with Gasteiger partial charge in [0.1, 0.15) is 11.6 Å². The Bertz CT molecular complexity index is 1040. The molecule has 0 unspecified atom stereocenters. The van der Waals surface area contributed by atoms with Crippen molar-refractivity contribution in [2.45, 2.75) is 105 Å². The first-order valence-corrected chi connectivity index (χ1v) is 12.5. The highest BCUT2D eigenvalue weighted by molar-refractivity contribution is 6.62. The first-order chi connectivity index (χ1) is 16.2. The molecule has 2 aliphatic heterocycles. The molecule has 1 aromatic rings. The first kappa shape index (κ1) is 28.2. The van der Waals surface area contributed by atoms with Gasteiger partial charge >= 0.3 is 13.1 Å². The fourth-order valence-electron chi connectivity index (χ4n) is 4.54. The standard InChI is InChI=1S/C27H41BN2O6/c1-24(2,3)19(23(33)34-25(4,5)6)14-20(21(29)31)30-15-16-13-17(11-12-18(16)22(30)32)28-35-26(7,8)27(9,10)36-28/h11-13,19-20H,14-15H2,1-10H3,(H2,29,31)/t19-,20+/m0/s1.